The second kappa shape index (κ2) is 8.70. The first-order valence-corrected chi connectivity index (χ1v) is 10.1. The minimum atomic E-state index is -4.41. The summed E-state index contributed by atoms with van der Waals surface area (Å²) in [5, 5.41) is 11.9. The first-order chi connectivity index (χ1) is 13.4. The Bertz CT molecular complexity index is 892. The van der Waals surface area contributed by atoms with Gasteiger partial charge in [0.15, 0.2) is 0 Å². The fraction of sp³-hybridized carbons (Fsp3) is 0.333. The lowest BCUT2D eigenvalue weighted by Crippen LogP contribution is -2.27. The van der Waals surface area contributed by atoms with Crippen LogP contribution in [0.15, 0.2) is 48.5 Å². The van der Waals surface area contributed by atoms with E-state index in [1.54, 1.807) is 23.9 Å². The molecule has 1 fully saturated rings. The Morgan fingerprint density at radius 3 is 2.64 bits per heavy atom. The van der Waals surface area contributed by atoms with Crippen LogP contribution in [0.25, 0.3) is 0 Å². The van der Waals surface area contributed by atoms with E-state index in [0.717, 1.165) is 11.6 Å². The molecule has 2 aromatic carbocycles. The number of carbonyl (C=O) groups is 1. The summed E-state index contributed by atoms with van der Waals surface area (Å²) in [5.74, 6) is 0.382. The van der Waals surface area contributed by atoms with Crippen LogP contribution in [0.5, 0.6) is 0 Å². The van der Waals surface area contributed by atoms with Crippen molar-refractivity contribution in [3.63, 3.8) is 0 Å². The summed E-state index contributed by atoms with van der Waals surface area (Å²) < 4.78 is 39.4. The van der Waals surface area contributed by atoms with Gasteiger partial charge in [0.2, 0.25) is 5.91 Å². The second-order valence-corrected chi connectivity index (χ2v) is 7.75. The highest BCUT2D eigenvalue weighted by atomic mass is 32.2. The highest BCUT2D eigenvalue weighted by Crippen LogP contribution is 2.51. The molecule has 1 aliphatic carbocycles. The Hall–Kier alpha value is -2.46. The van der Waals surface area contributed by atoms with Crippen LogP contribution in [-0.4, -0.2) is 18.2 Å². The van der Waals surface area contributed by atoms with Crippen molar-refractivity contribution in [2.24, 2.45) is 5.92 Å². The molecular weight excluding hydrogens is 385 g/mol. The number of hydrogen-bond acceptors (Lipinski definition) is 3. The van der Waals surface area contributed by atoms with Gasteiger partial charge in [0.05, 0.1) is 17.2 Å². The van der Waals surface area contributed by atoms with Gasteiger partial charge in [-0.25, -0.2) is 0 Å². The zero-order valence-corrected chi connectivity index (χ0v) is 15.8. The van der Waals surface area contributed by atoms with Gasteiger partial charge < -0.3 is 5.32 Å². The molecule has 0 aliphatic heterocycles. The third-order valence-corrected chi connectivity index (χ3v) is 5.74. The molecule has 0 heterocycles. The standard InChI is InChI=1S/C21H19F3N2OS/c22-21(23,24)19-8-4-3-7-16(19)17-11-18(17)20(27)26-9-10-28-13-15-6-2-1-5-14(15)12-25/h1-8,17-18H,9-11,13H2,(H,26,27). The summed E-state index contributed by atoms with van der Waals surface area (Å²) in [6.45, 7) is 0.447. The molecule has 0 bridgehead atoms. The molecule has 2 aromatic rings. The molecule has 1 saturated carbocycles. The minimum absolute atomic E-state index is 0.194. The zero-order valence-electron chi connectivity index (χ0n) is 15.0. The minimum Gasteiger partial charge on any atom is -0.355 e. The predicted octanol–water partition coefficient (Wildman–Crippen LogP) is 4.73. The maximum absolute atomic E-state index is 13.1. The first-order valence-electron chi connectivity index (χ1n) is 8.91. The Balaban J connectivity index is 1.45. The number of rotatable bonds is 7. The molecule has 1 aliphatic rings. The smallest absolute Gasteiger partial charge is 0.355 e. The fourth-order valence-electron chi connectivity index (χ4n) is 3.22. The summed E-state index contributed by atoms with van der Waals surface area (Å²) in [6.07, 6.45) is -3.96. The van der Waals surface area contributed by atoms with Crippen LogP contribution in [-0.2, 0) is 16.7 Å². The van der Waals surface area contributed by atoms with Crippen LogP contribution < -0.4 is 5.32 Å². The van der Waals surface area contributed by atoms with Crippen LogP contribution in [0, 0.1) is 17.2 Å². The quantitative estimate of drug-likeness (QED) is 0.679. The highest BCUT2D eigenvalue weighted by Gasteiger charge is 2.47. The van der Waals surface area contributed by atoms with E-state index in [4.69, 9.17) is 5.26 Å². The van der Waals surface area contributed by atoms with E-state index in [1.165, 1.54) is 12.1 Å². The van der Waals surface area contributed by atoms with E-state index in [1.807, 2.05) is 18.2 Å². The van der Waals surface area contributed by atoms with Gasteiger partial charge in [0.25, 0.3) is 0 Å². The molecule has 1 amide bonds. The van der Waals surface area contributed by atoms with Crippen molar-refractivity contribution in [1.29, 1.82) is 5.26 Å². The van der Waals surface area contributed by atoms with Crippen LogP contribution in [0.1, 0.15) is 34.6 Å². The molecule has 0 saturated heterocycles. The number of nitriles is 1. The predicted molar refractivity (Wildman–Crippen MR) is 103 cm³/mol. The summed E-state index contributed by atoms with van der Waals surface area (Å²) in [4.78, 5) is 12.2. The molecule has 3 rings (SSSR count). The first kappa shape index (κ1) is 20.3. The van der Waals surface area contributed by atoms with Gasteiger partial charge in [-0.05, 0) is 35.6 Å². The lowest BCUT2D eigenvalue weighted by atomic mass is 10.0. The molecule has 0 radical (unpaired) electrons. The van der Waals surface area contributed by atoms with E-state index in [-0.39, 0.29) is 17.4 Å². The molecule has 2 unspecified atom stereocenters. The van der Waals surface area contributed by atoms with E-state index < -0.39 is 17.7 Å². The molecule has 146 valence electrons. The average molecular weight is 404 g/mol. The van der Waals surface area contributed by atoms with Gasteiger partial charge in [0.1, 0.15) is 0 Å². The topological polar surface area (TPSA) is 52.9 Å². The molecule has 3 nitrogen and oxygen atoms in total. The van der Waals surface area contributed by atoms with Crippen molar-refractivity contribution < 1.29 is 18.0 Å². The highest BCUT2D eigenvalue weighted by molar-refractivity contribution is 7.98. The van der Waals surface area contributed by atoms with E-state index in [0.29, 0.717) is 30.0 Å². The number of carbonyl (C=O) groups excluding carboxylic acids is 1. The second-order valence-electron chi connectivity index (χ2n) is 6.65. The zero-order chi connectivity index (χ0) is 20.1. The number of nitrogens with one attached hydrogen (secondary N) is 1. The maximum Gasteiger partial charge on any atom is 0.416 e. The van der Waals surface area contributed by atoms with Gasteiger partial charge in [-0.15, -0.1) is 0 Å². The Kier molecular flexibility index (Phi) is 6.30. The van der Waals surface area contributed by atoms with Crippen molar-refractivity contribution in [2.75, 3.05) is 12.3 Å². The lowest BCUT2D eigenvalue weighted by Gasteiger charge is -2.12. The monoisotopic (exact) mass is 404 g/mol. The largest absolute Gasteiger partial charge is 0.416 e. The molecular formula is C21H19F3N2OS. The molecule has 7 heteroatoms. The van der Waals surface area contributed by atoms with Crippen LogP contribution in [0.2, 0.25) is 0 Å². The van der Waals surface area contributed by atoms with Crippen LogP contribution >= 0.6 is 11.8 Å². The van der Waals surface area contributed by atoms with Gasteiger partial charge in [-0.3, -0.25) is 4.79 Å². The number of halogens is 3. The number of thioether (sulfide) groups is 1. The third-order valence-electron chi connectivity index (χ3n) is 4.73. The summed E-state index contributed by atoms with van der Waals surface area (Å²) in [7, 11) is 0. The Morgan fingerprint density at radius 1 is 1.18 bits per heavy atom. The number of amides is 1. The molecule has 28 heavy (non-hydrogen) atoms. The summed E-state index contributed by atoms with van der Waals surface area (Å²) in [5.41, 5.74) is 1.15. The molecule has 0 aromatic heterocycles. The molecule has 2 atom stereocenters. The SMILES string of the molecule is N#Cc1ccccc1CSCCNC(=O)C1CC1c1ccccc1C(F)(F)F. The maximum atomic E-state index is 13.1. The van der Waals surface area contributed by atoms with Crippen molar-refractivity contribution in [3.05, 3.63) is 70.8 Å². The lowest BCUT2D eigenvalue weighted by molar-refractivity contribution is -0.138. The van der Waals surface area contributed by atoms with Crippen molar-refractivity contribution >= 4 is 17.7 Å². The Morgan fingerprint density at radius 2 is 1.89 bits per heavy atom. The van der Waals surface area contributed by atoms with Gasteiger partial charge in [-0.2, -0.15) is 30.2 Å². The number of benzene rings is 2. The van der Waals surface area contributed by atoms with Gasteiger partial charge in [-0.1, -0.05) is 36.4 Å². The normalized spacial score (nSPS) is 18.4. The van der Waals surface area contributed by atoms with Gasteiger partial charge >= 0.3 is 6.18 Å². The van der Waals surface area contributed by atoms with Crippen molar-refractivity contribution in [3.8, 4) is 6.07 Å². The van der Waals surface area contributed by atoms with Crippen molar-refractivity contribution in [1.82, 2.24) is 5.32 Å². The molecule has 1 N–H and O–H groups in total. The fourth-order valence-corrected chi connectivity index (χ4v) is 4.08. The number of hydrogen-bond donors (Lipinski definition) is 1. The number of nitrogens with zero attached hydrogens (tertiary/aromatic N) is 1. The average Bonchev–Trinajstić information content (AvgIpc) is 3.48. The summed E-state index contributed by atoms with van der Waals surface area (Å²) >= 11 is 1.60. The van der Waals surface area contributed by atoms with E-state index in [9.17, 15) is 18.0 Å². The van der Waals surface area contributed by atoms with Crippen LogP contribution in [0.3, 0.4) is 0 Å². The van der Waals surface area contributed by atoms with Crippen molar-refractivity contribution in [2.45, 2.75) is 24.3 Å². The number of alkyl halides is 3. The third kappa shape index (κ3) is 4.87. The van der Waals surface area contributed by atoms with E-state index in [2.05, 4.69) is 11.4 Å². The summed E-state index contributed by atoms with van der Waals surface area (Å²) in [6, 6.07) is 15.0. The molecule has 0 spiro atoms. The van der Waals surface area contributed by atoms with E-state index >= 15 is 0 Å². The van der Waals surface area contributed by atoms with Crippen LogP contribution in [0.4, 0.5) is 13.2 Å². The Labute approximate surface area is 165 Å². The van der Waals surface area contributed by atoms with Gasteiger partial charge in [0, 0.05) is 24.0 Å².